The summed E-state index contributed by atoms with van der Waals surface area (Å²) in [5, 5.41) is 0.920. The van der Waals surface area contributed by atoms with Crippen molar-refractivity contribution in [2.75, 3.05) is 0 Å². The van der Waals surface area contributed by atoms with Crippen LogP contribution in [0.4, 0.5) is 0 Å². The maximum atomic E-state index is 6.51. The van der Waals surface area contributed by atoms with Crippen LogP contribution in [-0.4, -0.2) is 6.10 Å². The maximum Gasteiger partial charge on any atom is 0.123 e. The van der Waals surface area contributed by atoms with E-state index >= 15 is 0 Å². The topological polar surface area (TPSA) is 9.23 Å². The van der Waals surface area contributed by atoms with Gasteiger partial charge in [-0.25, -0.2) is 0 Å². The lowest BCUT2D eigenvalue weighted by molar-refractivity contribution is 0.227. The van der Waals surface area contributed by atoms with Crippen molar-refractivity contribution < 1.29 is 4.74 Å². The zero-order valence-electron chi connectivity index (χ0n) is 9.95. The predicted molar refractivity (Wildman–Crippen MR) is 79.6 cm³/mol. The van der Waals surface area contributed by atoms with Crippen molar-refractivity contribution in [2.24, 2.45) is 0 Å². The molecule has 0 saturated heterocycles. The summed E-state index contributed by atoms with van der Waals surface area (Å²) in [6.45, 7) is 0. The molecule has 19 heavy (non-hydrogen) atoms. The van der Waals surface area contributed by atoms with Gasteiger partial charge in [0.15, 0.2) is 0 Å². The molecule has 0 bridgehead atoms. The molecule has 1 nitrogen and oxygen atoms in total. The number of para-hydroxylation sites is 1. The number of benzene rings is 2. The molecule has 2 atom stereocenters. The normalized spacial score (nSPS) is 18.8. The first-order valence-electron chi connectivity index (χ1n) is 5.99. The maximum absolute atomic E-state index is 6.51. The van der Waals surface area contributed by atoms with Gasteiger partial charge < -0.3 is 4.74 Å². The summed E-state index contributed by atoms with van der Waals surface area (Å²) in [7, 11) is 0. The second-order valence-electron chi connectivity index (χ2n) is 4.54. The molecule has 0 radical (unpaired) electrons. The van der Waals surface area contributed by atoms with Gasteiger partial charge in [-0.2, -0.15) is 0 Å². The van der Waals surface area contributed by atoms with E-state index in [0.29, 0.717) is 10.0 Å². The predicted octanol–water partition coefficient (Wildman–Crippen LogP) is 5.28. The van der Waals surface area contributed by atoms with E-state index in [0.717, 1.165) is 17.7 Å². The summed E-state index contributed by atoms with van der Waals surface area (Å²) >= 11 is 18.7. The van der Waals surface area contributed by atoms with Crippen LogP contribution in [0.25, 0.3) is 0 Å². The molecule has 2 unspecified atom stereocenters. The quantitative estimate of drug-likeness (QED) is 0.686. The lowest BCUT2D eigenvalue weighted by Gasteiger charge is -2.19. The first-order valence-corrected chi connectivity index (χ1v) is 7.18. The number of hydrogen-bond acceptors (Lipinski definition) is 1. The van der Waals surface area contributed by atoms with Gasteiger partial charge in [-0.15, -0.1) is 11.6 Å². The van der Waals surface area contributed by atoms with Gasteiger partial charge in [0.05, 0.1) is 5.38 Å². The molecule has 4 heteroatoms. The highest BCUT2D eigenvalue weighted by Crippen LogP contribution is 2.39. The van der Waals surface area contributed by atoms with E-state index in [9.17, 15) is 0 Å². The third kappa shape index (κ3) is 2.55. The molecule has 3 rings (SSSR count). The van der Waals surface area contributed by atoms with Gasteiger partial charge in [0, 0.05) is 16.5 Å². The van der Waals surface area contributed by atoms with Crippen molar-refractivity contribution in [2.45, 2.75) is 17.9 Å². The molecule has 0 saturated carbocycles. The summed E-state index contributed by atoms with van der Waals surface area (Å²) < 4.78 is 5.88. The van der Waals surface area contributed by atoms with E-state index in [1.54, 1.807) is 18.2 Å². The molecule has 0 spiro atoms. The van der Waals surface area contributed by atoms with Gasteiger partial charge >= 0.3 is 0 Å². The van der Waals surface area contributed by atoms with Crippen LogP contribution in [0.5, 0.6) is 5.75 Å². The van der Waals surface area contributed by atoms with Crippen molar-refractivity contribution >= 4 is 34.8 Å². The summed E-state index contributed by atoms with van der Waals surface area (Å²) in [5.74, 6) is 0.899. The van der Waals surface area contributed by atoms with E-state index in [-0.39, 0.29) is 11.5 Å². The number of ether oxygens (including phenoxy) is 1. The largest absolute Gasteiger partial charge is 0.488 e. The minimum Gasteiger partial charge on any atom is -0.488 e. The van der Waals surface area contributed by atoms with E-state index < -0.39 is 0 Å². The van der Waals surface area contributed by atoms with Crippen molar-refractivity contribution in [3.05, 3.63) is 63.6 Å². The van der Waals surface area contributed by atoms with Crippen molar-refractivity contribution in [3.63, 3.8) is 0 Å². The smallest absolute Gasteiger partial charge is 0.123 e. The molecular formula is C15H11Cl3O. The standard InChI is InChI=1S/C15H11Cl3O/c16-10-5-6-12(17)11(8-10)15(18)14-7-9-3-1-2-4-13(9)19-14/h1-6,8,14-15H,7H2. The highest BCUT2D eigenvalue weighted by molar-refractivity contribution is 6.34. The second-order valence-corrected chi connectivity index (χ2v) is 5.85. The zero-order chi connectivity index (χ0) is 13.4. The fourth-order valence-corrected chi connectivity index (χ4v) is 3.09. The Kier molecular flexibility index (Phi) is 3.62. The molecule has 0 amide bonds. The highest BCUT2D eigenvalue weighted by Gasteiger charge is 2.31. The Bertz CT molecular complexity index is 587. The van der Waals surface area contributed by atoms with Gasteiger partial charge in [-0.1, -0.05) is 41.4 Å². The fourth-order valence-electron chi connectivity index (χ4n) is 2.30. The average Bonchev–Trinajstić information content (AvgIpc) is 2.84. The van der Waals surface area contributed by atoms with E-state index in [1.807, 2.05) is 18.2 Å². The van der Waals surface area contributed by atoms with Crippen LogP contribution < -0.4 is 4.74 Å². The summed E-state index contributed by atoms with van der Waals surface area (Å²) in [6, 6.07) is 13.3. The first-order chi connectivity index (χ1) is 9.15. The molecule has 1 aliphatic heterocycles. The minimum absolute atomic E-state index is 0.116. The van der Waals surface area contributed by atoms with Gasteiger partial charge in [-0.3, -0.25) is 0 Å². The Balaban J connectivity index is 1.87. The second kappa shape index (κ2) is 5.24. The van der Waals surface area contributed by atoms with Crippen LogP contribution in [0.15, 0.2) is 42.5 Å². The van der Waals surface area contributed by atoms with Gasteiger partial charge in [0.1, 0.15) is 11.9 Å². The summed E-state index contributed by atoms with van der Waals surface area (Å²) in [4.78, 5) is 0. The third-order valence-electron chi connectivity index (χ3n) is 3.25. The summed E-state index contributed by atoms with van der Waals surface area (Å²) in [5.41, 5.74) is 1.99. The Labute approximate surface area is 127 Å². The Morgan fingerprint density at radius 3 is 2.68 bits per heavy atom. The highest BCUT2D eigenvalue weighted by atomic mass is 35.5. The number of halogens is 3. The van der Waals surface area contributed by atoms with Crippen LogP contribution in [0.2, 0.25) is 10.0 Å². The van der Waals surface area contributed by atoms with Crippen molar-refractivity contribution in [1.29, 1.82) is 0 Å². The molecule has 0 fully saturated rings. The lowest BCUT2D eigenvalue weighted by atomic mass is 10.0. The average molecular weight is 314 g/mol. The zero-order valence-corrected chi connectivity index (χ0v) is 12.2. The fraction of sp³-hybridized carbons (Fsp3) is 0.200. The Morgan fingerprint density at radius 1 is 1.11 bits per heavy atom. The molecule has 1 heterocycles. The minimum atomic E-state index is -0.321. The molecule has 0 N–H and O–H groups in total. The first kappa shape index (κ1) is 13.1. The van der Waals surface area contributed by atoms with Gasteiger partial charge in [-0.05, 0) is 35.4 Å². The summed E-state index contributed by atoms with van der Waals surface area (Å²) in [6.07, 6.45) is 0.669. The van der Waals surface area contributed by atoms with E-state index in [1.165, 1.54) is 5.56 Å². The number of fused-ring (bicyclic) bond motifs is 1. The van der Waals surface area contributed by atoms with Crippen LogP contribution in [0.3, 0.4) is 0 Å². The molecule has 2 aromatic rings. The van der Waals surface area contributed by atoms with Gasteiger partial charge in [0.25, 0.3) is 0 Å². The van der Waals surface area contributed by atoms with Crippen LogP contribution in [0.1, 0.15) is 16.5 Å². The van der Waals surface area contributed by atoms with Crippen LogP contribution >= 0.6 is 34.8 Å². The molecule has 0 aliphatic carbocycles. The van der Waals surface area contributed by atoms with E-state index in [4.69, 9.17) is 39.5 Å². The molecule has 1 aliphatic rings. The van der Waals surface area contributed by atoms with Crippen LogP contribution in [-0.2, 0) is 6.42 Å². The number of rotatable bonds is 2. The van der Waals surface area contributed by atoms with E-state index in [2.05, 4.69) is 6.07 Å². The SMILES string of the molecule is Clc1ccc(Cl)c(C(Cl)C2Cc3ccccc3O2)c1. The molecule has 98 valence electrons. The molecular weight excluding hydrogens is 303 g/mol. The Hall–Kier alpha value is -0.890. The monoisotopic (exact) mass is 312 g/mol. The molecule has 2 aromatic carbocycles. The Morgan fingerprint density at radius 2 is 1.89 bits per heavy atom. The lowest BCUT2D eigenvalue weighted by Crippen LogP contribution is -2.19. The number of hydrogen-bond donors (Lipinski definition) is 0. The van der Waals surface area contributed by atoms with Gasteiger partial charge in [0.2, 0.25) is 0 Å². The number of alkyl halides is 1. The van der Waals surface area contributed by atoms with Crippen molar-refractivity contribution in [1.82, 2.24) is 0 Å². The third-order valence-corrected chi connectivity index (χ3v) is 4.35. The van der Waals surface area contributed by atoms with Crippen LogP contribution in [0, 0.1) is 0 Å². The molecule has 0 aromatic heterocycles. The van der Waals surface area contributed by atoms with Crippen molar-refractivity contribution in [3.8, 4) is 5.75 Å².